The summed E-state index contributed by atoms with van der Waals surface area (Å²) >= 11 is 0. The lowest BCUT2D eigenvalue weighted by molar-refractivity contribution is -0.305. The van der Waals surface area contributed by atoms with E-state index in [1.807, 2.05) is 19.1 Å². The number of fused-ring (bicyclic) bond motifs is 1. The summed E-state index contributed by atoms with van der Waals surface area (Å²) in [5.41, 5.74) is 4.22. The largest absolute Gasteiger partial charge is 0.550 e. The molecular formula is C25H27O5-. The number of hydrogen-bond acceptors (Lipinski definition) is 5. The van der Waals surface area contributed by atoms with E-state index in [0.29, 0.717) is 23.5 Å². The maximum absolute atomic E-state index is 12.4. The molecule has 1 aromatic heterocycles. The molecule has 0 amide bonds. The van der Waals surface area contributed by atoms with Gasteiger partial charge < -0.3 is 19.1 Å². The zero-order valence-corrected chi connectivity index (χ0v) is 18.1. The van der Waals surface area contributed by atoms with Crippen LogP contribution in [0.1, 0.15) is 55.0 Å². The maximum atomic E-state index is 12.4. The van der Waals surface area contributed by atoms with Crippen molar-refractivity contribution in [3.63, 3.8) is 0 Å². The van der Waals surface area contributed by atoms with Crippen molar-refractivity contribution >= 4 is 16.9 Å². The van der Waals surface area contributed by atoms with Gasteiger partial charge in [-0.1, -0.05) is 45.0 Å². The number of hydrogen-bond donors (Lipinski definition) is 0. The molecule has 0 spiro atoms. The van der Waals surface area contributed by atoms with Gasteiger partial charge in [0.05, 0.1) is 0 Å². The average Bonchev–Trinajstić information content (AvgIpc) is 2.67. The monoisotopic (exact) mass is 407 g/mol. The number of carbonyl (C=O) groups is 1. The van der Waals surface area contributed by atoms with Gasteiger partial charge >= 0.3 is 5.63 Å². The maximum Gasteiger partial charge on any atom is 0.339 e. The average molecular weight is 407 g/mol. The summed E-state index contributed by atoms with van der Waals surface area (Å²) in [5, 5.41) is 11.5. The molecule has 0 aliphatic rings. The summed E-state index contributed by atoms with van der Waals surface area (Å²) in [6.07, 6.45) is -0.125. The van der Waals surface area contributed by atoms with Gasteiger partial charge in [0.15, 0.2) is 0 Å². The molecule has 0 bridgehead atoms. The summed E-state index contributed by atoms with van der Waals surface area (Å²) in [6, 6.07) is 12.1. The van der Waals surface area contributed by atoms with Crippen molar-refractivity contribution in [2.75, 3.05) is 0 Å². The molecule has 0 N–H and O–H groups in total. The van der Waals surface area contributed by atoms with Crippen LogP contribution in [0.2, 0.25) is 0 Å². The SMILES string of the molecule is Cc1c(CCC(=O)[O-])c(=O)oc2c(C)c(OCc3ccc(C(C)(C)C)cc3)ccc12. The van der Waals surface area contributed by atoms with Gasteiger partial charge in [0.25, 0.3) is 0 Å². The van der Waals surface area contributed by atoms with Crippen molar-refractivity contribution in [1.29, 1.82) is 0 Å². The smallest absolute Gasteiger partial charge is 0.339 e. The normalized spacial score (nSPS) is 11.6. The van der Waals surface area contributed by atoms with Crippen molar-refractivity contribution in [3.8, 4) is 5.75 Å². The molecule has 0 aliphatic carbocycles. The number of aliphatic carboxylic acids is 1. The first-order chi connectivity index (χ1) is 14.1. The Hall–Kier alpha value is -3.08. The summed E-state index contributed by atoms with van der Waals surface area (Å²) in [7, 11) is 0. The van der Waals surface area contributed by atoms with Gasteiger partial charge in [-0.2, -0.15) is 0 Å². The van der Waals surface area contributed by atoms with E-state index in [1.165, 1.54) is 5.56 Å². The predicted octanol–water partition coefficient (Wildman–Crippen LogP) is 3.97. The molecule has 158 valence electrons. The van der Waals surface area contributed by atoms with Gasteiger partial charge in [0, 0.05) is 22.5 Å². The van der Waals surface area contributed by atoms with Crippen molar-refractivity contribution in [1.82, 2.24) is 0 Å². The van der Waals surface area contributed by atoms with Crippen molar-refractivity contribution in [2.24, 2.45) is 0 Å². The van der Waals surface area contributed by atoms with Gasteiger partial charge in [-0.05, 0) is 60.9 Å². The van der Waals surface area contributed by atoms with Gasteiger partial charge in [-0.15, -0.1) is 0 Å². The van der Waals surface area contributed by atoms with Gasteiger partial charge in [0.2, 0.25) is 0 Å². The third kappa shape index (κ3) is 4.56. The summed E-state index contributed by atoms with van der Waals surface area (Å²) < 4.78 is 11.5. The highest BCUT2D eigenvalue weighted by molar-refractivity contribution is 5.85. The molecule has 5 heteroatoms. The van der Waals surface area contributed by atoms with Crippen LogP contribution in [0.5, 0.6) is 5.75 Å². The van der Waals surface area contributed by atoms with Crippen molar-refractivity contribution in [3.05, 3.63) is 74.6 Å². The fourth-order valence-corrected chi connectivity index (χ4v) is 3.51. The second-order valence-corrected chi connectivity index (χ2v) is 8.67. The molecule has 2 aromatic carbocycles. The Bertz CT molecular complexity index is 1130. The quantitative estimate of drug-likeness (QED) is 0.578. The second-order valence-electron chi connectivity index (χ2n) is 8.67. The first-order valence-electron chi connectivity index (χ1n) is 10.1. The minimum absolute atomic E-state index is 0.0916. The number of carboxylic acids is 1. The molecule has 0 saturated carbocycles. The van der Waals surface area contributed by atoms with E-state index in [4.69, 9.17) is 9.15 Å². The van der Waals surface area contributed by atoms with Crippen LogP contribution in [0.3, 0.4) is 0 Å². The number of carbonyl (C=O) groups excluding carboxylic acids is 1. The lowest BCUT2D eigenvalue weighted by Crippen LogP contribution is -2.24. The fraction of sp³-hybridized carbons (Fsp3) is 0.360. The second kappa shape index (κ2) is 8.34. The van der Waals surface area contributed by atoms with Crippen LogP contribution >= 0.6 is 0 Å². The van der Waals surface area contributed by atoms with Crippen LogP contribution in [-0.4, -0.2) is 5.97 Å². The minimum Gasteiger partial charge on any atom is -0.550 e. The highest BCUT2D eigenvalue weighted by Gasteiger charge is 2.16. The molecule has 5 nitrogen and oxygen atoms in total. The van der Waals surface area contributed by atoms with E-state index in [-0.39, 0.29) is 18.3 Å². The molecule has 0 saturated heterocycles. The van der Waals surface area contributed by atoms with E-state index in [0.717, 1.165) is 22.1 Å². The topological polar surface area (TPSA) is 79.6 Å². The predicted molar refractivity (Wildman–Crippen MR) is 115 cm³/mol. The Kier molecular flexibility index (Phi) is 6.01. The third-order valence-corrected chi connectivity index (χ3v) is 5.45. The van der Waals surface area contributed by atoms with Crippen LogP contribution in [0, 0.1) is 13.8 Å². The minimum atomic E-state index is -1.19. The molecule has 0 fully saturated rings. The Morgan fingerprint density at radius 3 is 2.30 bits per heavy atom. The van der Waals surface area contributed by atoms with Gasteiger partial charge in [-0.3, -0.25) is 0 Å². The number of benzene rings is 2. The molecule has 0 radical (unpaired) electrons. The zero-order chi connectivity index (χ0) is 22.1. The molecule has 3 aromatic rings. The Labute approximate surface area is 176 Å². The molecule has 0 atom stereocenters. The van der Waals surface area contributed by atoms with Crippen LogP contribution < -0.4 is 15.5 Å². The lowest BCUT2D eigenvalue weighted by Gasteiger charge is -2.19. The Morgan fingerprint density at radius 2 is 1.70 bits per heavy atom. The highest BCUT2D eigenvalue weighted by Crippen LogP contribution is 2.30. The van der Waals surface area contributed by atoms with Gasteiger partial charge in [-0.25, -0.2) is 4.79 Å². The standard InChI is InChI=1S/C25H28O5/c1-15-19-10-12-21(29-14-17-6-8-18(9-7-17)25(3,4)5)16(2)23(19)30-24(28)20(15)11-13-22(26)27/h6-10,12H,11,13-14H2,1-5H3,(H,26,27)/p-1. The van der Waals surface area contributed by atoms with E-state index in [1.54, 1.807) is 6.92 Å². The van der Waals surface area contributed by atoms with Crippen LogP contribution in [0.4, 0.5) is 0 Å². The summed E-state index contributed by atoms with van der Waals surface area (Å²) in [6.45, 7) is 10.6. The summed E-state index contributed by atoms with van der Waals surface area (Å²) in [5.74, 6) is -0.545. The highest BCUT2D eigenvalue weighted by atomic mass is 16.5. The Balaban J connectivity index is 1.85. The summed E-state index contributed by atoms with van der Waals surface area (Å²) in [4.78, 5) is 23.2. The number of ether oxygens (including phenoxy) is 1. The first kappa shape index (κ1) is 21.6. The van der Waals surface area contributed by atoms with E-state index in [2.05, 4.69) is 45.0 Å². The molecular weight excluding hydrogens is 380 g/mol. The van der Waals surface area contributed by atoms with Crippen LogP contribution in [0.25, 0.3) is 11.0 Å². The van der Waals surface area contributed by atoms with Crippen LogP contribution in [-0.2, 0) is 23.2 Å². The zero-order valence-electron chi connectivity index (χ0n) is 18.1. The molecule has 0 aliphatic heterocycles. The molecule has 0 unspecified atom stereocenters. The number of rotatable bonds is 6. The Morgan fingerprint density at radius 1 is 1.03 bits per heavy atom. The van der Waals surface area contributed by atoms with Crippen molar-refractivity contribution < 1.29 is 19.1 Å². The third-order valence-electron chi connectivity index (χ3n) is 5.45. The molecule has 3 rings (SSSR count). The first-order valence-corrected chi connectivity index (χ1v) is 10.1. The molecule has 1 heterocycles. The van der Waals surface area contributed by atoms with Gasteiger partial charge in [0.1, 0.15) is 17.9 Å². The number of aryl methyl sites for hydroxylation is 2. The van der Waals surface area contributed by atoms with E-state index in [9.17, 15) is 14.7 Å². The van der Waals surface area contributed by atoms with E-state index >= 15 is 0 Å². The van der Waals surface area contributed by atoms with Crippen molar-refractivity contribution in [2.45, 2.75) is 59.5 Å². The number of carboxylic acid groups (broad SMARTS) is 1. The molecule has 30 heavy (non-hydrogen) atoms. The fourth-order valence-electron chi connectivity index (χ4n) is 3.51. The van der Waals surface area contributed by atoms with Crippen LogP contribution in [0.15, 0.2) is 45.6 Å². The lowest BCUT2D eigenvalue weighted by atomic mass is 9.87. The van der Waals surface area contributed by atoms with E-state index < -0.39 is 11.6 Å².